The number of fused-ring (bicyclic) bond motifs is 1. The van der Waals surface area contributed by atoms with Gasteiger partial charge in [0.1, 0.15) is 5.69 Å². The molecule has 0 aliphatic rings. The van der Waals surface area contributed by atoms with Gasteiger partial charge in [0.15, 0.2) is 0 Å². The molecule has 1 N–H and O–H groups in total. The van der Waals surface area contributed by atoms with E-state index in [4.69, 9.17) is 0 Å². The molecule has 4 heteroatoms. The van der Waals surface area contributed by atoms with Crippen molar-refractivity contribution in [2.45, 2.75) is 13.8 Å². The summed E-state index contributed by atoms with van der Waals surface area (Å²) in [6.07, 6.45) is 3.66. The molecule has 3 rings (SSSR count). The molecule has 0 unspecified atom stereocenters. The van der Waals surface area contributed by atoms with Crippen LogP contribution in [0, 0.1) is 13.8 Å². The van der Waals surface area contributed by atoms with Crippen LogP contribution in [0.15, 0.2) is 30.6 Å². The summed E-state index contributed by atoms with van der Waals surface area (Å²) in [5, 5.41) is 8.43. The third kappa shape index (κ3) is 1.67. The van der Waals surface area contributed by atoms with Gasteiger partial charge in [0.2, 0.25) is 0 Å². The van der Waals surface area contributed by atoms with Crippen LogP contribution in [0.3, 0.4) is 0 Å². The number of nitrogens with zero attached hydrogens (tertiary/aromatic N) is 3. The van der Waals surface area contributed by atoms with Gasteiger partial charge >= 0.3 is 0 Å². The molecule has 3 heterocycles. The van der Waals surface area contributed by atoms with E-state index in [0.29, 0.717) is 0 Å². The molecule has 0 atom stereocenters. The highest BCUT2D eigenvalue weighted by molar-refractivity contribution is 5.92. The zero-order valence-electron chi connectivity index (χ0n) is 9.73. The third-order valence-electron chi connectivity index (χ3n) is 2.75. The summed E-state index contributed by atoms with van der Waals surface area (Å²) in [6, 6.07) is 5.98. The van der Waals surface area contributed by atoms with Crippen molar-refractivity contribution in [2.75, 3.05) is 0 Å². The van der Waals surface area contributed by atoms with Gasteiger partial charge in [-0.05, 0) is 32.0 Å². The first-order chi connectivity index (χ1) is 8.24. The Morgan fingerprint density at radius 1 is 1.12 bits per heavy atom. The molecule has 0 bridgehead atoms. The lowest BCUT2D eigenvalue weighted by Crippen LogP contribution is -1.84. The van der Waals surface area contributed by atoms with Crippen molar-refractivity contribution >= 4 is 10.9 Å². The quantitative estimate of drug-likeness (QED) is 0.694. The van der Waals surface area contributed by atoms with E-state index >= 15 is 0 Å². The van der Waals surface area contributed by atoms with Gasteiger partial charge in [-0.2, -0.15) is 5.10 Å². The SMILES string of the molecule is Cc1cc(-c2n[nH]c3cc(C)ncc23)ccn1.[HH]. The van der Waals surface area contributed by atoms with E-state index in [0.717, 1.165) is 33.5 Å². The summed E-state index contributed by atoms with van der Waals surface area (Å²) in [7, 11) is 0. The Labute approximate surface area is 100 Å². The van der Waals surface area contributed by atoms with Crippen molar-refractivity contribution in [1.82, 2.24) is 20.2 Å². The molecule has 0 saturated heterocycles. The summed E-state index contributed by atoms with van der Waals surface area (Å²) in [4.78, 5) is 8.50. The van der Waals surface area contributed by atoms with E-state index in [9.17, 15) is 0 Å². The molecule has 0 spiro atoms. The van der Waals surface area contributed by atoms with E-state index < -0.39 is 0 Å². The number of hydrogen-bond donors (Lipinski definition) is 1. The maximum absolute atomic E-state index is 4.35. The first kappa shape index (κ1) is 9.96. The minimum Gasteiger partial charge on any atom is -0.277 e. The van der Waals surface area contributed by atoms with E-state index in [1.807, 2.05) is 38.2 Å². The summed E-state index contributed by atoms with van der Waals surface area (Å²) in [6.45, 7) is 3.94. The van der Waals surface area contributed by atoms with Crippen LogP contribution in [-0.4, -0.2) is 20.2 Å². The minimum atomic E-state index is 0. The van der Waals surface area contributed by atoms with Crippen molar-refractivity contribution in [3.8, 4) is 11.3 Å². The van der Waals surface area contributed by atoms with E-state index in [1.54, 1.807) is 6.20 Å². The topological polar surface area (TPSA) is 54.5 Å². The lowest BCUT2D eigenvalue weighted by Gasteiger charge is -1.99. The van der Waals surface area contributed by atoms with Crippen LogP contribution < -0.4 is 0 Å². The fourth-order valence-corrected chi connectivity index (χ4v) is 1.93. The van der Waals surface area contributed by atoms with Gasteiger partial charge in [0.25, 0.3) is 0 Å². The first-order valence-electron chi connectivity index (χ1n) is 5.48. The van der Waals surface area contributed by atoms with Crippen LogP contribution in [0.25, 0.3) is 22.2 Å². The number of H-pyrrole nitrogens is 1. The van der Waals surface area contributed by atoms with Crippen LogP contribution in [0.2, 0.25) is 0 Å². The largest absolute Gasteiger partial charge is 0.277 e. The number of hydrogen-bond acceptors (Lipinski definition) is 3. The number of aryl methyl sites for hydroxylation is 2. The third-order valence-corrected chi connectivity index (χ3v) is 2.75. The minimum absolute atomic E-state index is 0. The van der Waals surface area contributed by atoms with E-state index in [-0.39, 0.29) is 1.43 Å². The summed E-state index contributed by atoms with van der Waals surface area (Å²) in [5.41, 5.74) is 4.98. The number of nitrogens with one attached hydrogen (secondary N) is 1. The second-order valence-electron chi connectivity index (χ2n) is 4.13. The zero-order valence-corrected chi connectivity index (χ0v) is 9.73. The second kappa shape index (κ2) is 3.66. The Hall–Kier alpha value is -2.23. The Kier molecular flexibility index (Phi) is 2.14. The molecule has 0 aliphatic carbocycles. The Balaban J connectivity index is 0.00000120. The molecular weight excluding hydrogens is 212 g/mol. The molecule has 0 aromatic carbocycles. The molecule has 17 heavy (non-hydrogen) atoms. The van der Waals surface area contributed by atoms with Gasteiger partial charge in [-0.1, -0.05) is 0 Å². The van der Waals surface area contributed by atoms with Gasteiger partial charge in [-0.3, -0.25) is 15.1 Å². The summed E-state index contributed by atoms with van der Waals surface area (Å²) >= 11 is 0. The normalized spacial score (nSPS) is 10.9. The molecular formula is C13H14N4. The van der Waals surface area contributed by atoms with Crippen molar-refractivity contribution in [2.24, 2.45) is 0 Å². The van der Waals surface area contributed by atoms with Crippen LogP contribution in [0.4, 0.5) is 0 Å². The molecule has 0 radical (unpaired) electrons. The zero-order chi connectivity index (χ0) is 11.8. The van der Waals surface area contributed by atoms with E-state index in [2.05, 4.69) is 20.2 Å². The van der Waals surface area contributed by atoms with Crippen LogP contribution >= 0.6 is 0 Å². The number of aromatic amines is 1. The monoisotopic (exact) mass is 226 g/mol. The van der Waals surface area contributed by atoms with Gasteiger partial charge < -0.3 is 0 Å². The second-order valence-corrected chi connectivity index (χ2v) is 4.13. The highest BCUT2D eigenvalue weighted by Gasteiger charge is 2.08. The van der Waals surface area contributed by atoms with Gasteiger partial charge in [-0.15, -0.1) is 0 Å². The summed E-state index contributed by atoms with van der Waals surface area (Å²) in [5.74, 6) is 0. The fourth-order valence-electron chi connectivity index (χ4n) is 1.93. The fraction of sp³-hybridized carbons (Fsp3) is 0.154. The number of aromatic nitrogens is 4. The standard InChI is InChI=1S/C13H12N4.H2/c1-8-5-10(3-4-14-8)13-11-7-15-9(2)6-12(11)16-17-13;/h3-7H,1-2H3,(H,16,17);1H. The number of rotatable bonds is 1. The van der Waals surface area contributed by atoms with Crippen LogP contribution in [0.5, 0.6) is 0 Å². The van der Waals surface area contributed by atoms with Crippen molar-refractivity contribution < 1.29 is 1.43 Å². The highest BCUT2D eigenvalue weighted by Crippen LogP contribution is 2.25. The molecule has 0 aliphatic heterocycles. The lowest BCUT2D eigenvalue weighted by molar-refractivity contribution is 1.11. The molecule has 86 valence electrons. The maximum Gasteiger partial charge on any atom is 0.102 e. The van der Waals surface area contributed by atoms with Crippen LogP contribution in [0.1, 0.15) is 12.8 Å². The predicted molar refractivity (Wildman–Crippen MR) is 68.7 cm³/mol. The van der Waals surface area contributed by atoms with Gasteiger partial charge in [-0.25, -0.2) is 0 Å². The predicted octanol–water partition coefficient (Wildman–Crippen LogP) is 2.88. The van der Waals surface area contributed by atoms with Gasteiger partial charge in [0.05, 0.1) is 5.52 Å². The summed E-state index contributed by atoms with van der Waals surface area (Å²) < 4.78 is 0. The average Bonchev–Trinajstić information content (AvgIpc) is 2.71. The van der Waals surface area contributed by atoms with E-state index in [1.165, 1.54) is 0 Å². The molecule has 0 fully saturated rings. The number of pyridine rings is 2. The smallest absolute Gasteiger partial charge is 0.102 e. The van der Waals surface area contributed by atoms with Gasteiger partial charge in [0, 0.05) is 36.2 Å². The molecule has 0 amide bonds. The molecule has 0 saturated carbocycles. The lowest BCUT2D eigenvalue weighted by atomic mass is 10.1. The molecule has 3 aromatic heterocycles. The maximum atomic E-state index is 4.35. The molecule has 3 aromatic rings. The van der Waals surface area contributed by atoms with Crippen molar-refractivity contribution in [1.29, 1.82) is 0 Å². The average molecular weight is 226 g/mol. The highest BCUT2D eigenvalue weighted by atomic mass is 15.1. The van der Waals surface area contributed by atoms with Crippen molar-refractivity contribution in [3.05, 3.63) is 42.0 Å². The Morgan fingerprint density at radius 2 is 1.94 bits per heavy atom. The van der Waals surface area contributed by atoms with Crippen LogP contribution in [-0.2, 0) is 0 Å². The van der Waals surface area contributed by atoms with Crippen molar-refractivity contribution in [3.63, 3.8) is 0 Å². The Bertz CT molecular complexity index is 690. The first-order valence-corrected chi connectivity index (χ1v) is 5.48. The Morgan fingerprint density at radius 3 is 2.76 bits per heavy atom. The molecule has 4 nitrogen and oxygen atoms in total.